The van der Waals surface area contributed by atoms with Gasteiger partial charge in [0.05, 0.1) is 19.8 Å². The van der Waals surface area contributed by atoms with E-state index in [-0.39, 0.29) is 18.0 Å². The third-order valence-electron chi connectivity index (χ3n) is 3.62. The summed E-state index contributed by atoms with van der Waals surface area (Å²) in [6.07, 6.45) is 2.04. The van der Waals surface area contributed by atoms with Gasteiger partial charge in [-0.3, -0.25) is 0 Å². The smallest absolute Gasteiger partial charge is 0.165 e. The Bertz CT molecular complexity index is 438. The Hall–Kier alpha value is -0.780. The lowest BCUT2D eigenvalue weighted by atomic mass is 10.0. The van der Waals surface area contributed by atoms with E-state index in [9.17, 15) is 4.39 Å². The first kappa shape index (κ1) is 16.6. The molecule has 1 aliphatic rings. The highest BCUT2D eigenvalue weighted by Gasteiger charge is 2.24. The first-order valence-electron chi connectivity index (χ1n) is 7.49. The summed E-state index contributed by atoms with van der Waals surface area (Å²) in [5, 5.41) is 3.54. The number of hydrogen-bond donors (Lipinski definition) is 1. The van der Waals surface area contributed by atoms with Crippen molar-refractivity contribution in [2.75, 3.05) is 31.8 Å². The standard InChI is InChI=1S/C16H24FNO2S/c1-3-6-18-14(16-11-21-8-7-20-16)10-12-4-5-15(19-2)13(17)9-12/h4-5,9,14,16,18H,3,6-8,10-11H2,1-2H3. The predicted octanol–water partition coefficient (Wildman–Crippen LogP) is 2.88. The average Bonchev–Trinajstić information content (AvgIpc) is 2.52. The van der Waals surface area contributed by atoms with Gasteiger partial charge in [-0.05, 0) is 37.1 Å². The van der Waals surface area contributed by atoms with Gasteiger partial charge in [-0.15, -0.1) is 0 Å². The maximum atomic E-state index is 13.8. The molecule has 21 heavy (non-hydrogen) atoms. The van der Waals surface area contributed by atoms with Gasteiger partial charge in [-0.25, -0.2) is 4.39 Å². The fourth-order valence-corrected chi connectivity index (χ4v) is 3.44. The molecule has 5 heteroatoms. The molecule has 118 valence electrons. The second kappa shape index (κ2) is 8.61. The number of methoxy groups -OCH3 is 1. The van der Waals surface area contributed by atoms with Crippen LogP contribution in [0.4, 0.5) is 4.39 Å². The maximum Gasteiger partial charge on any atom is 0.165 e. The molecule has 2 atom stereocenters. The SMILES string of the molecule is CCCNC(Cc1ccc(OC)c(F)c1)C1CSCCO1. The van der Waals surface area contributed by atoms with Crippen LogP contribution in [0.5, 0.6) is 5.75 Å². The Kier molecular flexibility index (Phi) is 6.80. The molecular weight excluding hydrogens is 289 g/mol. The van der Waals surface area contributed by atoms with Crippen molar-refractivity contribution >= 4 is 11.8 Å². The minimum atomic E-state index is -0.303. The van der Waals surface area contributed by atoms with Crippen molar-refractivity contribution in [3.05, 3.63) is 29.6 Å². The molecule has 0 spiro atoms. The van der Waals surface area contributed by atoms with Gasteiger partial charge in [0.2, 0.25) is 0 Å². The number of rotatable bonds is 7. The Morgan fingerprint density at radius 1 is 1.52 bits per heavy atom. The molecule has 0 radical (unpaired) electrons. The van der Waals surface area contributed by atoms with Crippen LogP contribution in [0, 0.1) is 5.82 Å². The molecule has 0 aliphatic carbocycles. The number of hydrogen-bond acceptors (Lipinski definition) is 4. The molecule has 0 bridgehead atoms. The molecule has 3 nitrogen and oxygen atoms in total. The normalized spacial score (nSPS) is 20.2. The van der Waals surface area contributed by atoms with Gasteiger partial charge < -0.3 is 14.8 Å². The molecule has 0 saturated carbocycles. The number of nitrogens with one attached hydrogen (secondary N) is 1. The van der Waals surface area contributed by atoms with E-state index in [0.717, 1.165) is 43.1 Å². The minimum absolute atomic E-state index is 0.195. The second-order valence-electron chi connectivity index (χ2n) is 5.22. The highest BCUT2D eigenvalue weighted by atomic mass is 32.2. The highest BCUT2D eigenvalue weighted by molar-refractivity contribution is 7.99. The Morgan fingerprint density at radius 3 is 3.00 bits per heavy atom. The number of halogens is 1. The van der Waals surface area contributed by atoms with Crippen molar-refractivity contribution in [2.45, 2.75) is 31.9 Å². The van der Waals surface area contributed by atoms with Crippen molar-refractivity contribution in [2.24, 2.45) is 0 Å². The topological polar surface area (TPSA) is 30.5 Å². The van der Waals surface area contributed by atoms with Crippen molar-refractivity contribution in [3.63, 3.8) is 0 Å². The van der Waals surface area contributed by atoms with Crippen molar-refractivity contribution < 1.29 is 13.9 Å². The lowest BCUT2D eigenvalue weighted by molar-refractivity contribution is 0.0472. The van der Waals surface area contributed by atoms with Crippen LogP contribution < -0.4 is 10.1 Å². The lowest BCUT2D eigenvalue weighted by Gasteiger charge is -2.31. The van der Waals surface area contributed by atoms with Crippen LogP contribution >= 0.6 is 11.8 Å². The summed E-state index contributed by atoms with van der Waals surface area (Å²) in [6, 6.07) is 5.41. The summed E-state index contributed by atoms with van der Waals surface area (Å²) in [5.41, 5.74) is 0.973. The Balaban J connectivity index is 2.04. The summed E-state index contributed by atoms with van der Waals surface area (Å²) in [6.45, 7) is 3.90. The first-order valence-corrected chi connectivity index (χ1v) is 8.65. The Labute approximate surface area is 130 Å². The van der Waals surface area contributed by atoms with Crippen molar-refractivity contribution in [1.29, 1.82) is 0 Å². The molecule has 2 rings (SSSR count). The Morgan fingerprint density at radius 2 is 2.38 bits per heavy atom. The third kappa shape index (κ3) is 4.87. The summed E-state index contributed by atoms with van der Waals surface area (Å²) >= 11 is 1.93. The van der Waals surface area contributed by atoms with Crippen molar-refractivity contribution in [3.8, 4) is 5.75 Å². The lowest BCUT2D eigenvalue weighted by Crippen LogP contribution is -2.46. The van der Waals surface area contributed by atoms with Crippen LogP contribution in [0.25, 0.3) is 0 Å². The van der Waals surface area contributed by atoms with E-state index in [1.165, 1.54) is 7.11 Å². The molecule has 1 heterocycles. The van der Waals surface area contributed by atoms with Crippen LogP contribution in [0.1, 0.15) is 18.9 Å². The largest absolute Gasteiger partial charge is 0.494 e. The van der Waals surface area contributed by atoms with Crippen molar-refractivity contribution in [1.82, 2.24) is 5.32 Å². The molecular formula is C16H24FNO2S. The van der Waals surface area contributed by atoms with E-state index >= 15 is 0 Å². The summed E-state index contributed by atoms with van der Waals surface area (Å²) < 4.78 is 24.7. The van der Waals surface area contributed by atoms with Gasteiger partial charge in [0.25, 0.3) is 0 Å². The predicted molar refractivity (Wildman–Crippen MR) is 85.8 cm³/mol. The zero-order valence-electron chi connectivity index (χ0n) is 12.7. The molecule has 0 aromatic heterocycles. The summed E-state index contributed by atoms with van der Waals surface area (Å²) in [5.74, 6) is 2.05. The zero-order chi connectivity index (χ0) is 15.1. The number of benzene rings is 1. The van der Waals surface area contributed by atoms with Crippen LogP contribution in [-0.4, -0.2) is 43.9 Å². The second-order valence-corrected chi connectivity index (χ2v) is 6.37. The maximum absolute atomic E-state index is 13.8. The molecule has 1 saturated heterocycles. The van der Waals surface area contributed by atoms with Crippen LogP contribution in [0.15, 0.2) is 18.2 Å². The van der Waals surface area contributed by atoms with E-state index in [1.54, 1.807) is 12.1 Å². The van der Waals surface area contributed by atoms with Crippen LogP contribution in [0.3, 0.4) is 0 Å². The quantitative estimate of drug-likeness (QED) is 0.838. The van der Waals surface area contributed by atoms with Gasteiger partial charge in [-0.2, -0.15) is 11.8 Å². The third-order valence-corrected chi connectivity index (χ3v) is 4.64. The monoisotopic (exact) mass is 313 g/mol. The number of thioether (sulfide) groups is 1. The summed E-state index contributed by atoms with van der Waals surface area (Å²) in [7, 11) is 1.48. The van der Waals surface area contributed by atoms with Crippen LogP contribution in [-0.2, 0) is 11.2 Å². The fourth-order valence-electron chi connectivity index (χ4n) is 2.49. The van der Waals surface area contributed by atoms with Crippen LogP contribution in [0.2, 0.25) is 0 Å². The molecule has 2 unspecified atom stereocenters. The van der Waals surface area contributed by atoms with Gasteiger partial charge in [-0.1, -0.05) is 13.0 Å². The average molecular weight is 313 g/mol. The molecule has 1 fully saturated rings. The molecule has 1 aliphatic heterocycles. The minimum Gasteiger partial charge on any atom is -0.494 e. The molecule has 1 aromatic carbocycles. The van der Waals surface area contributed by atoms with E-state index in [4.69, 9.17) is 9.47 Å². The number of ether oxygens (including phenoxy) is 2. The van der Waals surface area contributed by atoms with E-state index < -0.39 is 0 Å². The van der Waals surface area contributed by atoms with E-state index in [2.05, 4.69) is 12.2 Å². The molecule has 1 N–H and O–H groups in total. The fraction of sp³-hybridized carbons (Fsp3) is 0.625. The highest BCUT2D eigenvalue weighted by Crippen LogP contribution is 2.21. The van der Waals surface area contributed by atoms with E-state index in [0.29, 0.717) is 5.75 Å². The van der Waals surface area contributed by atoms with Gasteiger partial charge in [0.15, 0.2) is 11.6 Å². The van der Waals surface area contributed by atoms with Gasteiger partial charge in [0, 0.05) is 17.5 Å². The first-order chi connectivity index (χ1) is 10.2. The zero-order valence-corrected chi connectivity index (χ0v) is 13.5. The molecule has 0 amide bonds. The summed E-state index contributed by atoms with van der Waals surface area (Å²) in [4.78, 5) is 0. The van der Waals surface area contributed by atoms with Gasteiger partial charge >= 0.3 is 0 Å². The van der Waals surface area contributed by atoms with Gasteiger partial charge in [0.1, 0.15) is 0 Å². The van der Waals surface area contributed by atoms with E-state index in [1.807, 2.05) is 17.8 Å². The molecule has 1 aromatic rings.